The molecular formula is C19H26N4OS. The van der Waals surface area contributed by atoms with E-state index in [4.69, 9.17) is 12.2 Å². The van der Waals surface area contributed by atoms with Gasteiger partial charge in [-0.05, 0) is 38.0 Å². The fourth-order valence-electron chi connectivity index (χ4n) is 3.59. The van der Waals surface area contributed by atoms with Gasteiger partial charge in [-0.2, -0.15) is 5.10 Å². The van der Waals surface area contributed by atoms with Crippen molar-refractivity contribution in [2.24, 2.45) is 0 Å². The van der Waals surface area contributed by atoms with Gasteiger partial charge in [0.1, 0.15) is 0 Å². The van der Waals surface area contributed by atoms with Gasteiger partial charge < -0.3 is 4.90 Å². The second-order valence-corrected chi connectivity index (χ2v) is 7.31. The lowest BCUT2D eigenvalue weighted by Crippen LogP contribution is -2.38. The van der Waals surface area contributed by atoms with Gasteiger partial charge in [0.05, 0.1) is 0 Å². The molecule has 1 aliphatic rings. The molecule has 0 radical (unpaired) electrons. The molecule has 0 saturated heterocycles. The Hall–Kier alpha value is -1.95. The lowest BCUT2D eigenvalue weighted by molar-refractivity contribution is -0.132. The van der Waals surface area contributed by atoms with Crippen LogP contribution >= 0.6 is 12.2 Å². The molecule has 0 spiro atoms. The Bertz CT molecular complexity index is 789. The first kappa shape index (κ1) is 17.9. The summed E-state index contributed by atoms with van der Waals surface area (Å²) in [6.07, 6.45) is 6.45. The first-order valence-electron chi connectivity index (χ1n) is 9.04. The lowest BCUT2D eigenvalue weighted by atomic mass is 9.94. The first-order valence-corrected chi connectivity index (χ1v) is 9.45. The highest BCUT2D eigenvalue weighted by atomic mass is 32.1. The Labute approximate surface area is 154 Å². The Kier molecular flexibility index (Phi) is 5.68. The number of nitrogens with zero attached hydrogens (tertiary/aromatic N) is 3. The average molecular weight is 359 g/mol. The van der Waals surface area contributed by atoms with E-state index in [0.29, 0.717) is 23.8 Å². The molecule has 1 amide bonds. The number of rotatable bonds is 5. The number of aromatic nitrogens is 3. The van der Waals surface area contributed by atoms with Crippen molar-refractivity contribution in [3.8, 4) is 11.4 Å². The third-order valence-corrected chi connectivity index (χ3v) is 5.41. The van der Waals surface area contributed by atoms with Gasteiger partial charge in [0.25, 0.3) is 0 Å². The molecule has 1 aromatic carbocycles. The van der Waals surface area contributed by atoms with Crippen LogP contribution in [0.2, 0.25) is 0 Å². The smallest absolute Gasteiger partial charge is 0.224 e. The fraction of sp³-hybridized carbons (Fsp3) is 0.526. The van der Waals surface area contributed by atoms with Gasteiger partial charge in [-0.1, -0.05) is 43.0 Å². The van der Waals surface area contributed by atoms with E-state index in [-0.39, 0.29) is 5.91 Å². The van der Waals surface area contributed by atoms with Crippen LogP contribution in [0.25, 0.3) is 11.4 Å². The second kappa shape index (κ2) is 7.95. The Morgan fingerprint density at radius 1 is 1.36 bits per heavy atom. The number of carbonyl (C=O) groups excluding carboxylic acids is 1. The summed E-state index contributed by atoms with van der Waals surface area (Å²) in [5.41, 5.74) is 2.19. The van der Waals surface area contributed by atoms with Crippen molar-refractivity contribution >= 4 is 18.1 Å². The molecule has 25 heavy (non-hydrogen) atoms. The van der Waals surface area contributed by atoms with E-state index in [0.717, 1.165) is 24.2 Å². The van der Waals surface area contributed by atoms with Crippen molar-refractivity contribution in [2.75, 3.05) is 7.05 Å². The van der Waals surface area contributed by atoms with Crippen molar-refractivity contribution in [3.63, 3.8) is 0 Å². The number of hydrogen-bond acceptors (Lipinski definition) is 3. The molecule has 1 N–H and O–H groups in total. The predicted octanol–water partition coefficient (Wildman–Crippen LogP) is 4.10. The van der Waals surface area contributed by atoms with Crippen LogP contribution < -0.4 is 0 Å². The number of aryl methyl sites for hydroxylation is 1. The van der Waals surface area contributed by atoms with E-state index < -0.39 is 0 Å². The lowest BCUT2D eigenvalue weighted by Gasteiger charge is -2.31. The summed E-state index contributed by atoms with van der Waals surface area (Å²) >= 11 is 5.37. The van der Waals surface area contributed by atoms with Crippen LogP contribution in [0, 0.1) is 11.7 Å². The molecule has 1 aliphatic carbocycles. The number of benzene rings is 1. The molecule has 0 unspecified atom stereocenters. The summed E-state index contributed by atoms with van der Waals surface area (Å²) in [6.45, 7) is 2.60. The number of amides is 1. The molecule has 0 bridgehead atoms. The normalized spacial score (nSPS) is 15.3. The molecular weight excluding hydrogens is 332 g/mol. The quantitative estimate of drug-likeness (QED) is 0.819. The van der Waals surface area contributed by atoms with E-state index in [1.54, 1.807) is 0 Å². The summed E-state index contributed by atoms with van der Waals surface area (Å²) in [5, 5.41) is 7.22. The maximum absolute atomic E-state index is 12.6. The van der Waals surface area contributed by atoms with Crippen molar-refractivity contribution in [2.45, 2.75) is 58.0 Å². The molecule has 1 fully saturated rings. The topological polar surface area (TPSA) is 53.9 Å². The minimum Gasteiger partial charge on any atom is -0.343 e. The standard InChI is InChI=1S/C19H26N4OS/c1-14-7-6-8-15(13-14)18-20-21-19(25)23(18)12-11-17(24)22(2)16-9-4-3-5-10-16/h6-8,13,16H,3-5,9-12H2,1-2H3,(H,21,25). The zero-order valence-electron chi connectivity index (χ0n) is 15.0. The van der Waals surface area contributed by atoms with Crippen LogP contribution in [0.3, 0.4) is 0 Å². The van der Waals surface area contributed by atoms with Crippen molar-refractivity contribution in [1.29, 1.82) is 0 Å². The average Bonchev–Trinajstić information content (AvgIpc) is 3.00. The predicted molar refractivity (Wildman–Crippen MR) is 102 cm³/mol. The van der Waals surface area contributed by atoms with E-state index >= 15 is 0 Å². The molecule has 0 atom stereocenters. The summed E-state index contributed by atoms with van der Waals surface area (Å²) in [7, 11) is 1.94. The molecule has 5 nitrogen and oxygen atoms in total. The maximum atomic E-state index is 12.6. The van der Waals surface area contributed by atoms with Gasteiger partial charge in [0, 0.05) is 31.6 Å². The van der Waals surface area contributed by atoms with Crippen LogP contribution in [-0.2, 0) is 11.3 Å². The van der Waals surface area contributed by atoms with Gasteiger partial charge in [0.15, 0.2) is 10.6 Å². The van der Waals surface area contributed by atoms with Crippen LogP contribution in [0.4, 0.5) is 0 Å². The van der Waals surface area contributed by atoms with Gasteiger partial charge in [-0.15, -0.1) is 0 Å². The van der Waals surface area contributed by atoms with Crippen LogP contribution in [-0.4, -0.2) is 38.7 Å². The highest BCUT2D eigenvalue weighted by molar-refractivity contribution is 7.71. The first-order chi connectivity index (χ1) is 12.1. The molecule has 2 aromatic rings. The molecule has 0 aliphatic heterocycles. The number of nitrogens with one attached hydrogen (secondary N) is 1. The van der Waals surface area contributed by atoms with E-state index in [9.17, 15) is 4.79 Å². The number of aromatic amines is 1. The third kappa shape index (κ3) is 4.18. The SMILES string of the molecule is Cc1cccc(-c2n[nH]c(=S)n2CCC(=O)N(C)C2CCCCC2)c1. The van der Waals surface area contributed by atoms with Crippen molar-refractivity contribution in [3.05, 3.63) is 34.6 Å². The number of hydrogen-bond donors (Lipinski definition) is 1. The highest BCUT2D eigenvalue weighted by Crippen LogP contribution is 2.23. The number of carbonyl (C=O) groups is 1. The fourth-order valence-corrected chi connectivity index (χ4v) is 3.81. The molecule has 1 saturated carbocycles. The monoisotopic (exact) mass is 358 g/mol. The summed E-state index contributed by atoms with van der Waals surface area (Å²) in [4.78, 5) is 14.5. The summed E-state index contributed by atoms with van der Waals surface area (Å²) in [5.74, 6) is 0.979. The maximum Gasteiger partial charge on any atom is 0.224 e. The van der Waals surface area contributed by atoms with E-state index in [1.165, 1.54) is 24.8 Å². The highest BCUT2D eigenvalue weighted by Gasteiger charge is 2.22. The van der Waals surface area contributed by atoms with Gasteiger partial charge in [-0.25, -0.2) is 0 Å². The van der Waals surface area contributed by atoms with Crippen LogP contribution in [0.15, 0.2) is 24.3 Å². The Morgan fingerprint density at radius 3 is 2.84 bits per heavy atom. The Balaban J connectivity index is 1.70. The van der Waals surface area contributed by atoms with E-state index in [1.807, 2.05) is 28.6 Å². The molecule has 1 heterocycles. The third-order valence-electron chi connectivity index (χ3n) is 5.10. The van der Waals surface area contributed by atoms with E-state index in [2.05, 4.69) is 29.3 Å². The van der Waals surface area contributed by atoms with Gasteiger partial charge in [0.2, 0.25) is 5.91 Å². The van der Waals surface area contributed by atoms with Crippen molar-refractivity contribution < 1.29 is 4.79 Å². The van der Waals surface area contributed by atoms with Crippen LogP contribution in [0.5, 0.6) is 0 Å². The summed E-state index contributed by atoms with van der Waals surface area (Å²) in [6, 6.07) is 8.56. The Morgan fingerprint density at radius 2 is 2.12 bits per heavy atom. The molecule has 6 heteroatoms. The minimum atomic E-state index is 0.185. The minimum absolute atomic E-state index is 0.185. The zero-order chi connectivity index (χ0) is 17.8. The zero-order valence-corrected chi connectivity index (χ0v) is 15.8. The summed E-state index contributed by atoms with van der Waals surface area (Å²) < 4.78 is 2.49. The van der Waals surface area contributed by atoms with Gasteiger partial charge in [-0.3, -0.25) is 14.5 Å². The molecule has 134 valence electrons. The number of H-pyrrole nitrogens is 1. The van der Waals surface area contributed by atoms with Crippen LogP contribution in [0.1, 0.15) is 44.1 Å². The van der Waals surface area contributed by atoms with Gasteiger partial charge >= 0.3 is 0 Å². The molecule has 1 aromatic heterocycles. The molecule has 3 rings (SSSR count). The van der Waals surface area contributed by atoms with Crippen molar-refractivity contribution in [1.82, 2.24) is 19.7 Å². The second-order valence-electron chi connectivity index (χ2n) is 6.92. The largest absolute Gasteiger partial charge is 0.343 e.